The van der Waals surface area contributed by atoms with Crippen LogP contribution in [0.5, 0.6) is 0 Å². The molecule has 1 aromatic heterocycles. The van der Waals surface area contributed by atoms with E-state index in [-0.39, 0.29) is 5.56 Å². The fraction of sp³-hybridized carbons (Fsp3) is 0.357. The van der Waals surface area contributed by atoms with Crippen LogP contribution in [0.1, 0.15) is 38.6 Å². The van der Waals surface area contributed by atoms with Crippen LogP contribution in [-0.4, -0.2) is 9.97 Å². The molecule has 0 radical (unpaired) electrons. The third kappa shape index (κ3) is 3.17. The lowest BCUT2D eigenvalue weighted by Gasteiger charge is -1.99. The van der Waals surface area contributed by atoms with Crippen LogP contribution in [0.4, 0.5) is 0 Å². The summed E-state index contributed by atoms with van der Waals surface area (Å²) < 4.78 is 0. The molecule has 1 N–H and O–H groups in total. The van der Waals surface area contributed by atoms with Crippen molar-refractivity contribution in [3.63, 3.8) is 0 Å². The quantitative estimate of drug-likeness (QED) is 0.837. The molecule has 0 fully saturated rings. The lowest BCUT2D eigenvalue weighted by Crippen LogP contribution is -2.11. The molecule has 2 rings (SSSR count). The van der Waals surface area contributed by atoms with Gasteiger partial charge in [0.1, 0.15) is 5.82 Å². The summed E-state index contributed by atoms with van der Waals surface area (Å²) in [6, 6.07) is 6.91. The van der Waals surface area contributed by atoms with Crippen molar-refractivity contribution in [2.75, 3.05) is 0 Å². The van der Waals surface area contributed by atoms with Crippen molar-refractivity contribution in [2.24, 2.45) is 0 Å². The average Bonchev–Trinajstić information content (AvgIpc) is 2.39. The summed E-state index contributed by atoms with van der Waals surface area (Å²) in [7, 11) is 0. The molecule has 0 saturated heterocycles. The Balaban J connectivity index is 0.000000492. The van der Waals surface area contributed by atoms with Crippen LogP contribution in [-0.2, 0) is 6.42 Å². The number of aryl methyl sites for hydroxylation is 1. The molecule has 18 heavy (non-hydrogen) atoms. The van der Waals surface area contributed by atoms with E-state index in [1.165, 1.54) is 6.42 Å². The van der Waals surface area contributed by atoms with Crippen molar-refractivity contribution in [3.05, 3.63) is 39.9 Å². The minimum Gasteiger partial charge on any atom is -0.310 e. The Morgan fingerprint density at radius 3 is 2.56 bits per heavy atom. The molecule has 0 saturated carbocycles. The van der Waals surface area contributed by atoms with Crippen molar-refractivity contribution >= 4 is 10.9 Å². The summed E-state index contributed by atoms with van der Waals surface area (Å²) in [6.07, 6.45) is 1.94. The molecule has 94 valence electrons. The topological polar surface area (TPSA) is 69.5 Å². The molecular formula is C14H17N3O. The zero-order valence-corrected chi connectivity index (χ0v) is 10.9. The summed E-state index contributed by atoms with van der Waals surface area (Å²) in [5.74, 6) is 0.664. The Labute approximate surface area is 106 Å². The number of hydrogen-bond donors (Lipinski definition) is 1. The number of rotatable bonds is 1. The molecule has 4 nitrogen and oxygen atoms in total. The van der Waals surface area contributed by atoms with Gasteiger partial charge in [0, 0.05) is 6.42 Å². The van der Waals surface area contributed by atoms with E-state index in [1.807, 2.05) is 13.0 Å². The second-order valence-corrected chi connectivity index (χ2v) is 3.92. The third-order valence-corrected chi connectivity index (χ3v) is 2.22. The molecule has 4 heteroatoms. The number of aromatic amines is 1. The van der Waals surface area contributed by atoms with Gasteiger partial charge in [0.05, 0.1) is 22.5 Å². The SMILES string of the molecule is CCC.CCc1nc2ccc(C#N)cc2c(=O)[nH]1. The Bertz CT molecular complexity index is 623. The summed E-state index contributed by atoms with van der Waals surface area (Å²) in [6.45, 7) is 6.17. The number of fused-ring (bicyclic) bond motifs is 1. The smallest absolute Gasteiger partial charge is 0.258 e. The van der Waals surface area contributed by atoms with Crippen molar-refractivity contribution in [3.8, 4) is 6.07 Å². The number of hydrogen-bond acceptors (Lipinski definition) is 3. The molecule has 0 unspecified atom stereocenters. The standard InChI is InChI=1S/C11H9N3O.C3H8/c1-2-10-13-9-4-3-7(6-12)5-8(9)11(15)14-10;1-3-2/h3-5H,2H2,1H3,(H,13,14,15);3H2,1-2H3. The lowest BCUT2D eigenvalue weighted by molar-refractivity contribution is 0.944. The van der Waals surface area contributed by atoms with Crippen molar-refractivity contribution in [1.29, 1.82) is 5.26 Å². The molecule has 2 aromatic rings. The fourth-order valence-corrected chi connectivity index (χ4v) is 1.42. The second kappa shape index (κ2) is 6.55. The van der Waals surface area contributed by atoms with E-state index in [1.54, 1.807) is 18.2 Å². The van der Waals surface area contributed by atoms with Crippen LogP contribution < -0.4 is 5.56 Å². The van der Waals surface area contributed by atoms with Crippen LogP contribution in [0.25, 0.3) is 10.9 Å². The maximum Gasteiger partial charge on any atom is 0.258 e. The van der Waals surface area contributed by atoms with Gasteiger partial charge in [-0.2, -0.15) is 5.26 Å². The first-order chi connectivity index (χ1) is 8.65. The molecular weight excluding hydrogens is 226 g/mol. The highest BCUT2D eigenvalue weighted by molar-refractivity contribution is 5.78. The molecule has 0 amide bonds. The van der Waals surface area contributed by atoms with Crippen LogP contribution in [0.2, 0.25) is 0 Å². The maximum atomic E-state index is 11.6. The lowest BCUT2D eigenvalue weighted by atomic mass is 10.1. The zero-order chi connectivity index (χ0) is 13.5. The average molecular weight is 243 g/mol. The van der Waals surface area contributed by atoms with Gasteiger partial charge in [-0.05, 0) is 18.2 Å². The van der Waals surface area contributed by atoms with Gasteiger partial charge in [0.2, 0.25) is 0 Å². The zero-order valence-electron chi connectivity index (χ0n) is 10.9. The molecule has 0 aliphatic heterocycles. The van der Waals surface area contributed by atoms with Gasteiger partial charge in [-0.1, -0.05) is 27.2 Å². The largest absolute Gasteiger partial charge is 0.310 e. The first-order valence-corrected chi connectivity index (χ1v) is 6.09. The van der Waals surface area contributed by atoms with Crippen molar-refractivity contribution in [2.45, 2.75) is 33.6 Å². The fourth-order valence-electron chi connectivity index (χ4n) is 1.42. The highest BCUT2D eigenvalue weighted by Gasteiger charge is 2.03. The van der Waals surface area contributed by atoms with Gasteiger partial charge in [0.25, 0.3) is 5.56 Å². The first kappa shape index (κ1) is 13.9. The van der Waals surface area contributed by atoms with Gasteiger partial charge in [-0.15, -0.1) is 0 Å². The van der Waals surface area contributed by atoms with Gasteiger partial charge in [-0.25, -0.2) is 4.98 Å². The Kier molecular flexibility index (Phi) is 5.06. The predicted molar refractivity (Wildman–Crippen MR) is 72.4 cm³/mol. The highest BCUT2D eigenvalue weighted by atomic mass is 16.1. The maximum absolute atomic E-state index is 11.6. The number of nitrogens with one attached hydrogen (secondary N) is 1. The van der Waals surface area contributed by atoms with Gasteiger partial charge in [-0.3, -0.25) is 4.79 Å². The van der Waals surface area contributed by atoms with E-state index in [4.69, 9.17) is 5.26 Å². The van der Waals surface area contributed by atoms with E-state index >= 15 is 0 Å². The Hall–Kier alpha value is -2.15. The van der Waals surface area contributed by atoms with Crippen molar-refractivity contribution in [1.82, 2.24) is 9.97 Å². The van der Waals surface area contributed by atoms with E-state index in [0.29, 0.717) is 28.7 Å². The van der Waals surface area contributed by atoms with E-state index in [2.05, 4.69) is 23.8 Å². The first-order valence-electron chi connectivity index (χ1n) is 6.09. The van der Waals surface area contributed by atoms with Crippen LogP contribution in [0.15, 0.2) is 23.0 Å². The highest BCUT2D eigenvalue weighted by Crippen LogP contribution is 2.09. The summed E-state index contributed by atoms with van der Waals surface area (Å²) >= 11 is 0. The number of nitriles is 1. The molecule has 0 aliphatic rings. The van der Waals surface area contributed by atoms with Crippen LogP contribution in [0.3, 0.4) is 0 Å². The van der Waals surface area contributed by atoms with Gasteiger partial charge < -0.3 is 4.98 Å². The Morgan fingerprint density at radius 2 is 2.00 bits per heavy atom. The van der Waals surface area contributed by atoms with Gasteiger partial charge in [0.15, 0.2) is 0 Å². The predicted octanol–water partition coefficient (Wildman–Crippen LogP) is 2.77. The molecule has 1 heterocycles. The minimum atomic E-state index is -0.186. The minimum absolute atomic E-state index is 0.186. The monoisotopic (exact) mass is 243 g/mol. The number of benzene rings is 1. The summed E-state index contributed by atoms with van der Waals surface area (Å²) in [5.41, 5.74) is 0.919. The number of nitrogens with zero attached hydrogens (tertiary/aromatic N) is 2. The normalized spacial score (nSPS) is 9.44. The number of aromatic nitrogens is 2. The molecule has 0 aliphatic carbocycles. The van der Waals surface area contributed by atoms with E-state index < -0.39 is 0 Å². The van der Waals surface area contributed by atoms with E-state index in [9.17, 15) is 4.79 Å². The number of H-pyrrole nitrogens is 1. The summed E-state index contributed by atoms with van der Waals surface area (Å²) in [5, 5.41) is 9.17. The summed E-state index contributed by atoms with van der Waals surface area (Å²) in [4.78, 5) is 18.6. The Morgan fingerprint density at radius 1 is 1.33 bits per heavy atom. The molecule has 0 atom stereocenters. The molecule has 0 spiro atoms. The third-order valence-electron chi connectivity index (χ3n) is 2.22. The molecule has 1 aromatic carbocycles. The van der Waals surface area contributed by atoms with Gasteiger partial charge >= 0.3 is 0 Å². The molecule has 0 bridgehead atoms. The van der Waals surface area contributed by atoms with Crippen LogP contribution in [0, 0.1) is 11.3 Å². The van der Waals surface area contributed by atoms with E-state index in [0.717, 1.165) is 0 Å². The van der Waals surface area contributed by atoms with Crippen LogP contribution >= 0.6 is 0 Å². The second-order valence-electron chi connectivity index (χ2n) is 3.92. The van der Waals surface area contributed by atoms with Crippen molar-refractivity contribution < 1.29 is 0 Å².